The van der Waals surface area contributed by atoms with Gasteiger partial charge in [-0.3, -0.25) is 0 Å². The Morgan fingerprint density at radius 3 is 2.45 bits per heavy atom. The van der Waals surface area contributed by atoms with Gasteiger partial charge in [-0.2, -0.15) is 0 Å². The minimum absolute atomic E-state index is 0.0576. The lowest BCUT2D eigenvalue weighted by Crippen LogP contribution is -2.37. The van der Waals surface area contributed by atoms with Crippen LogP contribution in [-0.2, 0) is 4.74 Å². The van der Waals surface area contributed by atoms with Gasteiger partial charge in [-0.15, -0.1) is 4.91 Å². The molecule has 0 aliphatic heterocycles. The lowest BCUT2D eigenvalue weighted by molar-refractivity contribution is 0.0242. The van der Waals surface area contributed by atoms with E-state index in [0.29, 0.717) is 12.2 Å². The molecule has 0 fully saturated rings. The zero-order valence-electron chi connectivity index (χ0n) is 11.2. The van der Waals surface area contributed by atoms with Crippen LogP contribution in [0.25, 0.3) is 0 Å². The van der Waals surface area contributed by atoms with Gasteiger partial charge in [0.2, 0.25) is 0 Å². The van der Waals surface area contributed by atoms with Crippen molar-refractivity contribution < 1.29 is 20.1 Å². The van der Waals surface area contributed by atoms with Gasteiger partial charge < -0.3 is 25.0 Å². The van der Waals surface area contributed by atoms with Crippen molar-refractivity contribution in [2.45, 2.75) is 6.10 Å². The molecule has 0 aliphatic carbocycles. The average Bonchev–Trinajstić information content (AvgIpc) is 2.47. The maximum absolute atomic E-state index is 10.4. The van der Waals surface area contributed by atoms with E-state index < -0.39 is 6.10 Å². The van der Waals surface area contributed by atoms with Gasteiger partial charge in [-0.05, 0) is 29.4 Å². The summed E-state index contributed by atoms with van der Waals surface area (Å²) >= 11 is 0. The number of nitroso groups, excluding NO2 is 1. The van der Waals surface area contributed by atoms with E-state index in [-0.39, 0.29) is 33.0 Å². The van der Waals surface area contributed by atoms with E-state index in [1.54, 1.807) is 29.2 Å². The van der Waals surface area contributed by atoms with Gasteiger partial charge in [0.15, 0.2) is 0 Å². The summed E-state index contributed by atoms with van der Waals surface area (Å²) < 4.78 is 5.05. The van der Waals surface area contributed by atoms with Crippen LogP contribution >= 0.6 is 0 Å². The van der Waals surface area contributed by atoms with Crippen molar-refractivity contribution in [3.8, 4) is 0 Å². The standard InChI is InChI=1S/C13H20N2O5/c16-6-5-15(9-13(18)10-20-8-7-17)12-3-1-11(14-19)2-4-12/h1-4,13,16-18H,5-10H2. The Labute approximate surface area is 117 Å². The van der Waals surface area contributed by atoms with Crippen LogP contribution in [0.3, 0.4) is 0 Å². The van der Waals surface area contributed by atoms with Crippen LogP contribution in [0.5, 0.6) is 0 Å². The first-order valence-electron chi connectivity index (χ1n) is 6.37. The van der Waals surface area contributed by atoms with Crippen molar-refractivity contribution in [2.75, 3.05) is 44.4 Å². The first kappa shape index (κ1) is 16.5. The Morgan fingerprint density at radius 1 is 1.20 bits per heavy atom. The molecule has 1 unspecified atom stereocenters. The molecule has 7 nitrogen and oxygen atoms in total. The van der Waals surface area contributed by atoms with Crippen LogP contribution < -0.4 is 4.90 Å². The molecule has 112 valence electrons. The molecule has 1 aromatic carbocycles. The predicted octanol–water partition coefficient (Wildman–Crippen LogP) is 0.253. The van der Waals surface area contributed by atoms with Crippen molar-refractivity contribution in [2.24, 2.45) is 5.18 Å². The number of ether oxygens (including phenoxy) is 1. The second kappa shape index (κ2) is 9.38. The van der Waals surface area contributed by atoms with E-state index in [2.05, 4.69) is 5.18 Å². The smallest absolute Gasteiger partial charge is 0.108 e. The van der Waals surface area contributed by atoms with Gasteiger partial charge in [0.1, 0.15) is 5.69 Å². The molecule has 0 radical (unpaired) electrons. The van der Waals surface area contributed by atoms with Gasteiger partial charge in [-0.25, -0.2) is 0 Å². The van der Waals surface area contributed by atoms with Crippen molar-refractivity contribution in [1.82, 2.24) is 0 Å². The van der Waals surface area contributed by atoms with Crippen molar-refractivity contribution in [1.29, 1.82) is 0 Å². The first-order chi connectivity index (χ1) is 9.71. The zero-order chi connectivity index (χ0) is 14.8. The first-order valence-corrected chi connectivity index (χ1v) is 6.37. The van der Waals surface area contributed by atoms with Crippen molar-refractivity contribution in [3.05, 3.63) is 29.2 Å². The van der Waals surface area contributed by atoms with E-state index in [1.807, 2.05) is 0 Å². The van der Waals surface area contributed by atoms with Gasteiger partial charge in [0, 0.05) is 18.8 Å². The lowest BCUT2D eigenvalue weighted by Gasteiger charge is -2.26. The third-order valence-corrected chi connectivity index (χ3v) is 2.67. The summed E-state index contributed by atoms with van der Waals surface area (Å²) in [6.45, 7) is 0.767. The molecule has 1 atom stereocenters. The van der Waals surface area contributed by atoms with Gasteiger partial charge in [0.25, 0.3) is 0 Å². The van der Waals surface area contributed by atoms with E-state index >= 15 is 0 Å². The number of aliphatic hydroxyl groups excluding tert-OH is 3. The average molecular weight is 284 g/mol. The molecule has 0 amide bonds. The van der Waals surface area contributed by atoms with Crippen LogP contribution in [0.15, 0.2) is 29.4 Å². The number of aliphatic hydroxyl groups is 3. The number of nitrogens with zero attached hydrogens (tertiary/aromatic N) is 2. The molecule has 0 saturated heterocycles. The SMILES string of the molecule is O=Nc1ccc(N(CCO)CC(O)COCCO)cc1. The number of anilines is 1. The van der Waals surface area contributed by atoms with Crippen molar-refractivity contribution in [3.63, 3.8) is 0 Å². The number of benzene rings is 1. The number of hydrogen-bond acceptors (Lipinski definition) is 7. The quantitative estimate of drug-likeness (QED) is 0.420. The van der Waals surface area contributed by atoms with E-state index in [0.717, 1.165) is 5.69 Å². The zero-order valence-corrected chi connectivity index (χ0v) is 11.2. The summed E-state index contributed by atoms with van der Waals surface area (Å²) in [5.74, 6) is 0. The van der Waals surface area contributed by atoms with Gasteiger partial charge in [-0.1, -0.05) is 0 Å². The molecule has 0 aliphatic rings. The van der Waals surface area contributed by atoms with Crippen LogP contribution in [0.1, 0.15) is 0 Å². The summed E-state index contributed by atoms with van der Waals surface area (Å²) in [6.07, 6.45) is -0.739. The van der Waals surface area contributed by atoms with Crippen LogP contribution in [-0.4, -0.2) is 60.9 Å². The summed E-state index contributed by atoms with van der Waals surface area (Å²) in [7, 11) is 0. The van der Waals surface area contributed by atoms with Crippen LogP contribution in [0.2, 0.25) is 0 Å². The second-order valence-corrected chi connectivity index (χ2v) is 4.23. The third-order valence-electron chi connectivity index (χ3n) is 2.67. The van der Waals surface area contributed by atoms with Gasteiger partial charge in [0.05, 0.1) is 32.5 Å². The molecule has 1 rings (SSSR count). The minimum atomic E-state index is -0.739. The molecule has 0 aromatic heterocycles. The third kappa shape index (κ3) is 5.62. The highest BCUT2D eigenvalue weighted by Crippen LogP contribution is 2.19. The highest BCUT2D eigenvalue weighted by Gasteiger charge is 2.12. The summed E-state index contributed by atoms with van der Waals surface area (Å²) in [6, 6.07) is 6.55. The maximum Gasteiger partial charge on any atom is 0.108 e. The summed E-state index contributed by atoms with van der Waals surface area (Å²) in [4.78, 5) is 12.1. The van der Waals surface area contributed by atoms with Gasteiger partial charge >= 0.3 is 0 Å². The van der Waals surface area contributed by atoms with E-state index in [4.69, 9.17) is 14.9 Å². The Balaban J connectivity index is 2.60. The Bertz CT molecular complexity index is 385. The predicted molar refractivity (Wildman–Crippen MR) is 75.1 cm³/mol. The number of hydrogen-bond donors (Lipinski definition) is 3. The molecule has 0 heterocycles. The highest BCUT2D eigenvalue weighted by molar-refractivity contribution is 5.52. The Kier molecular flexibility index (Phi) is 7.74. The highest BCUT2D eigenvalue weighted by atomic mass is 16.5. The topological polar surface area (TPSA) is 103 Å². The fourth-order valence-corrected chi connectivity index (χ4v) is 1.76. The molecule has 1 aromatic rings. The monoisotopic (exact) mass is 284 g/mol. The van der Waals surface area contributed by atoms with Crippen molar-refractivity contribution >= 4 is 11.4 Å². The molecule has 20 heavy (non-hydrogen) atoms. The fraction of sp³-hybridized carbons (Fsp3) is 0.538. The molecule has 0 bridgehead atoms. The van der Waals surface area contributed by atoms with Crippen LogP contribution in [0, 0.1) is 4.91 Å². The molecule has 0 spiro atoms. The van der Waals surface area contributed by atoms with Crippen LogP contribution in [0.4, 0.5) is 11.4 Å². The second-order valence-electron chi connectivity index (χ2n) is 4.23. The number of rotatable bonds is 10. The molecule has 7 heteroatoms. The largest absolute Gasteiger partial charge is 0.395 e. The van der Waals surface area contributed by atoms with E-state index in [9.17, 15) is 10.0 Å². The Morgan fingerprint density at radius 2 is 1.90 bits per heavy atom. The molecular weight excluding hydrogens is 264 g/mol. The fourth-order valence-electron chi connectivity index (χ4n) is 1.76. The normalized spacial score (nSPS) is 12.2. The molecule has 3 N–H and O–H groups in total. The summed E-state index contributed by atoms with van der Waals surface area (Å²) in [5.41, 5.74) is 1.09. The summed E-state index contributed by atoms with van der Waals surface area (Å²) in [5, 5.41) is 30.3. The molecular formula is C13H20N2O5. The Hall–Kier alpha value is -1.54. The van der Waals surface area contributed by atoms with E-state index in [1.165, 1.54) is 0 Å². The molecule has 0 saturated carbocycles. The lowest BCUT2D eigenvalue weighted by atomic mass is 10.2. The maximum atomic E-state index is 10.4. The minimum Gasteiger partial charge on any atom is -0.395 e.